The third-order valence-corrected chi connectivity index (χ3v) is 2.83. The molecule has 0 aliphatic heterocycles. The van der Waals surface area contributed by atoms with Crippen LogP contribution in [0.25, 0.3) is 0 Å². The summed E-state index contributed by atoms with van der Waals surface area (Å²) in [4.78, 5) is 12.8. The van der Waals surface area contributed by atoms with E-state index in [0.717, 1.165) is 5.56 Å². The summed E-state index contributed by atoms with van der Waals surface area (Å²) >= 11 is 0. The molecule has 5 nitrogen and oxygen atoms in total. The molecule has 0 bridgehead atoms. The number of carboxylic acid groups (broad SMARTS) is 1. The van der Waals surface area contributed by atoms with E-state index < -0.39 is 5.97 Å². The monoisotopic (exact) mass is 253 g/mol. The van der Waals surface area contributed by atoms with E-state index in [0.29, 0.717) is 12.6 Å². The number of hydrogen-bond donors (Lipinski definition) is 1. The van der Waals surface area contributed by atoms with Gasteiger partial charge in [0, 0.05) is 29.9 Å². The molecular formula is C13H23N3O2. The molecule has 0 unspecified atom stereocenters. The van der Waals surface area contributed by atoms with Gasteiger partial charge < -0.3 is 5.11 Å². The molecule has 1 N–H and O–H groups in total. The van der Waals surface area contributed by atoms with Crippen molar-refractivity contribution in [1.29, 1.82) is 0 Å². The molecule has 0 fully saturated rings. The molecule has 0 aliphatic carbocycles. The standard InChI is InChI=1S/C13H23N3O2/c1-10(2)16-8-11(6-14-16)7-15(9-12(17)18)13(3,4)5/h6,8,10H,7,9H2,1-5H3,(H,17,18). The molecule has 0 saturated carbocycles. The second-order valence-electron chi connectivity index (χ2n) is 5.84. The van der Waals surface area contributed by atoms with Crippen molar-refractivity contribution in [3.63, 3.8) is 0 Å². The minimum atomic E-state index is -0.804. The summed E-state index contributed by atoms with van der Waals surface area (Å²) in [5.41, 5.74) is 0.859. The molecule has 0 radical (unpaired) electrons. The first-order valence-electron chi connectivity index (χ1n) is 6.20. The number of carboxylic acids is 1. The Morgan fingerprint density at radius 3 is 2.50 bits per heavy atom. The zero-order valence-corrected chi connectivity index (χ0v) is 11.8. The van der Waals surface area contributed by atoms with Crippen LogP contribution in [0.4, 0.5) is 0 Å². The van der Waals surface area contributed by atoms with Crippen molar-refractivity contribution in [2.45, 2.75) is 52.7 Å². The van der Waals surface area contributed by atoms with Gasteiger partial charge in [-0.25, -0.2) is 0 Å². The minimum absolute atomic E-state index is 0.0381. The van der Waals surface area contributed by atoms with E-state index in [4.69, 9.17) is 5.11 Å². The van der Waals surface area contributed by atoms with Crippen molar-refractivity contribution >= 4 is 5.97 Å². The number of hydrogen-bond acceptors (Lipinski definition) is 3. The predicted molar refractivity (Wildman–Crippen MR) is 70.4 cm³/mol. The summed E-state index contributed by atoms with van der Waals surface area (Å²) in [6.45, 7) is 10.8. The molecule has 0 atom stereocenters. The molecule has 0 aromatic carbocycles. The van der Waals surface area contributed by atoms with Crippen molar-refractivity contribution < 1.29 is 9.90 Å². The normalized spacial score (nSPS) is 12.4. The Balaban J connectivity index is 2.79. The smallest absolute Gasteiger partial charge is 0.317 e. The average molecular weight is 253 g/mol. The molecule has 1 rings (SSSR count). The maximum atomic E-state index is 10.9. The summed E-state index contributed by atoms with van der Waals surface area (Å²) in [5, 5.41) is 13.2. The topological polar surface area (TPSA) is 58.4 Å². The fourth-order valence-electron chi connectivity index (χ4n) is 1.66. The Kier molecular flexibility index (Phi) is 4.51. The highest BCUT2D eigenvalue weighted by Crippen LogP contribution is 2.17. The van der Waals surface area contributed by atoms with Gasteiger partial charge in [0.05, 0.1) is 12.7 Å². The zero-order valence-electron chi connectivity index (χ0n) is 11.8. The van der Waals surface area contributed by atoms with Crippen LogP contribution >= 0.6 is 0 Å². The summed E-state index contributed by atoms with van der Waals surface area (Å²) in [5.74, 6) is -0.804. The summed E-state index contributed by atoms with van der Waals surface area (Å²) in [7, 11) is 0. The Morgan fingerprint density at radius 1 is 1.50 bits per heavy atom. The van der Waals surface area contributed by atoms with Gasteiger partial charge >= 0.3 is 5.97 Å². The van der Waals surface area contributed by atoms with Crippen molar-refractivity contribution in [3.05, 3.63) is 18.0 Å². The highest BCUT2D eigenvalue weighted by Gasteiger charge is 2.24. The molecule has 18 heavy (non-hydrogen) atoms. The van der Waals surface area contributed by atoms with Crippen molar-refractivity contribution in [3.8, 4) is 0 Å². The van der Waals surface area contributed by atoms with Crippen LogP contribution in [0.2, 0.25) is 0 Å². The molecule has 0 saturated heterocycles. The summed E-state index contributed by atoms with van der Waals surface area (Å²) in [6.07, 6.45) is 3.78. The van der Waals surface area contributed by atoms with Gasteiger partial charge in [0.25, 0.3) is 0 Å². The molecule has 5 heteroatoms. The lowest BCUT2D eigenvalue weighted by molar-refractivity contribution is -0.139. The lowest BCUT2D eigenvalue weighted by atomic mass is 10.1. The molecule has 1 aromatic heterocycles. The largest absolute Gasteiger partial charge is 0.480 e. The Hall–Kier alpha value is -1.36. The second kappa shape index (κ2) is 5.52. The highest BCUT2D eigenvalue weighted by molar-refractivity contribution is 5.69. The minimum Gasteiger partial charge on any atom is -0.480 e. The fourth-order valence-corrected chi connectivity index (χ4v) is 1.66. The van der Waals surface area contributed by atoms with E-state index in [2.05, 4.69) is 18.9 Å². The van der Waals surface area contributed by atoms with E-state index in [-0.39, 0.29) is 12.1 Å². The molecule has 0 amide bonds. The molecule has 102 valence electrons. The van der Waals surface area contributed by atoms with E-state index in [9.17, 15) is 4.79 Å². The molecular weight excluding hydrogens is 230 g/mol. The van der Waals surface area contributed by atoms with Gasteiger partial charge in [-0.3, -0.25) is 14.4 Å². The van der Waals surface area contributed by atoms with Gasteiger partial charge in [0.1, 0.15) is 0 Å². The van der Waals surface area contributed by atoms with Crippen LogP contribution in [0.1, 0.15) is 46.2 Å². The fraction of sp³-hybridized carbons (Fsp3) is 0.692. The Bertz CT molecular complexity index is 405. The summed E-state index contributed by atoms with van der Waals surface area (Å²) < 4.78 is 1.89. The van der Waals surface area contributed by atoms with Crippen LogP contribution in [0, 0.1) is 0 Å². The predicted octanol–water partition coefficient (Wildman–Crippen LogP) is 2.15. The second-order valence-corrected chi connectivity index (χ2v) is 5.84. The van der Waals surface area contributed by atoms with Crippen LogP contribution in [0.3, 0.4) is 0 Å². The van der Waals surface area contributed by atoms with Crippen molar-refractivity contribution in [2.75, 3.05) is 6.54 Å². The van der Waals surface area contributed by atoms with Crippen LogP contribution in [-0.2, 0) is 11.3 Å². The molecule has 1 heterocycles. The third kappa shape index (κ3) is 4.14. The zero-order chi connectivity index (χ0) is 13.9. The molecule has 1 aromatic rings. The highest BCUT2D eigenvalue weighted by atomic mass is 16.4. The first-order valence-corrected chi connectivity index (χ1v) is 6.20. The van der Waals surface area contributed by atoms with E-state index in [1.165, 1.54) is 0 Å². The van der Waals surface area contributed by atoms with Gasteiger partial charge in [-0.05, 0) is 34.6 Å². The van der Waals surface area contributed by atoms with Gasteiger partial charge in [0.2, 0.25) is 0 Å². The molecule has 0 aliphatic rings. The Morgan fingerprint density at radius 2 is 2.11 bits per heavy atom. The van der Waals surface area contributed by atoms with E-state index in [1.54, 1.807) is 6.20 Å². The van der Waals surface area contributed by atoms with Crippen LogP contribution in [-0.4, -0.2) is 37.8 Å². The molecule has 0 spiro atoms. The van der Waals surface area contributed by atoms with Gasteiger partial charge in [0.15, 0.2) is 0 Å². The SMILES string of the molecule is CC(C)n1cc(CN(CC(=O)O)C(C)(C)C)cn1. The number of rotatable bonds is 5. The average Bonchev–Trinajstić information content (AvgIpc) is 2.63. The number of carbonyl (C=O) groups is 1. The van der Waals surface area contributed by atoms with Crippen molar-refractivity contribution in [1.82, 2.24) is 14.7 Å². The quantitative estimate of drug-likeness (QED) is 0.873. The van der Waals surface area contributed by atoms with Gasteiger partial charge in [-0.1, -0.05) is 0 Å². The van der Waals surface area contributed by atoms with Gasteiger partial charge in [-0.15, -0.1) is 0 Å². The third-order valence-electron chi connectivity index (χ3n) is 2.83. The maximum Gasteiger partial charge on any atom is 0.317 e. The first kappa shape index (κ1) is 14.7. The lowest BCUT2D eigenvalue weighted by Gasteiger charge is -2.33. The summed E-state index contributed by atoms with van der Waals surface area (Å²) in [6, 6.07) is 0.321. The first-order chi connectivity index (χ1) is 8.20. The lowest BCUT2D eigenvalue weighted by Crippen LogP contribution is -2.43. The van der Waals surface area contributed by atoms with Crippen molar-refractivity contribution in [2.24, 2.45) is 0 Å². The number of aliphatic carboxylic acids is 1. The number of aromatic nitrogens is 2. The maximum absolute atomic E-state index is 10.9. The van der Waals surface area contributed by atoms with Crippen LogP contribution < -0.4 is 0 Å². The number of nitrogens with zero attached hydrogens (tertiary/aromatic N) is 3. The van der Waals surface area contributed by atoms with Gasteiger partial charge in [-0.2, -0.15) is 5.10 Å². The Labute approximate surface area is 108 Å². The van der Waals surface area contributed by atoms with Crippen LogP contribution in [0.15, 0.2) is 12.4 Å². The van der Waals surface area contributed by atoms with E-state index in [1.807, 2.05) is 36.5 Å². The van der Waals surface area contributed by atoms with Crippen LogP contribution in [0.5, 0.6) is 0 Å². The van der Waals surface area contributed by atoms with E-state index >= 15 is 0 Å².